The summed E-state index contributed by atoms with van der Waals surface area (Å²) >= 11 is 0. The molecule has 3 aromatic rings. The number of hydrogen-bond acceptors (Lipinski definition) is 6. The highest BCUT2D eigenvalue weighted by molar-refractivity contribution is 7.87. The Morgan fingerprint density at radius 1 is 0.943 bits per heavy atom. The second-order valence-corrected chi connectivity index (χ2v) is 9.80. The first-order valence-corrected chi connectivity index (χ1v) is 12.3. The lowest BCUT2D eigenvalue weighted by Crippen LogP contribution is -2.34. The van der Waals surface area contributed by atoms with Gasteiger partial charge in [-0.3, -0.25) is 4.79 Å². The number of benzene rings is 3. The number of rotatable bonds is 10. The summed E-state index contributed by atoms with van der Waals surface area (Å²) < 4.78 is 55.7. The largest absolute Gasteiger partial charge is 0.497 e. The van der Waals surface area contributed by atoms with Crippen LogP contribution in [0.2, 0.25) is 0 Å². The molecule has 0 saturated heterocycles. The average Bonchev–Trinajstić information content (AvgIpc) is 2.83. The van der Waals surface area contributed by atoms with Gasteiger partial charge in [0.2, 0.25) is 0 Å². The van der Waals surface area contributed by atoms with E-state index in [-0.39, 0.29) is 34.4 Å². The van der Waals surface area contributed by atoms with Crippen molar-refractivity contribution in [2.75, 3.05) is 20.8 Å². The fourth-order valence-electron chi connectivity index (χ4n) is 3.48. The molecule has 1 amide bonds. The van der Waals surface area contributed by atoms with Crippen LogP contribution in [-0.4, -0.2) is 40.0 Å². The van der Waals surface area contributed by atoms with E-state index in [0.29, 0.717) is 17.9 Å². The first kappa shape index (κ1) is 26.0. The molecule has 3 rings (SSSR count). The van der Waals surface area contributed by atoms with E-state index in [2.05, 4.69) is 0 Å². The van der Waals surface area contributed by atoms with Crippen LogP contribution in [-0.2, 0) is 16.7 Å². The summed E-state index contributed by atoms with van der Waals surface area (Å²) in [5.41, 5.74) is 0.566. The number of amides is 1. The number of hydrogen-bond donors (Lipinski definition) is 0. The van der Waals surface area contributed by atoms with Crippen molar-refractivity contribution >= 4 is 16.0 Å². The minimum absolute atomic E-state index is 0.0244. The van der Waals surface area contributed by atoms with Crippen molar-refractivity contribution in [1.82, 2.24) is 4.90 Å². The number of carbonyl (C=O) groups excluding carboxylic acids is 1. The summed E-state index contributed by atoms with van der Waals surface area (Å²) in [5, 5.41) is 0. The van der Waals surface area contributed by atoms with Crippen LogP contribution in [0.4, 0.5) is 4.39 Å². The van der Waals surface area contributed by atoms with Crippen molar-refractivity contribution in [1.29, 1.82) is 0 Å². The molecule has 0 radical (unpaired) electrons. The Labute approximate surface area is 205 Å². The molecule has 0 atom stereocenters. The van der Waals surface area contributed by atoms with E-state index in [9.17, 15) is 17.6 Å². The molecule has 0 unspecified atom stereocenters. The first-order valence-electron chi connectivity index (χ1n) is 10.9. The molecule has 9 heteroatoms. The lowest BCUT2D eigenvalue weighted by atomic mass is 10.1. The van der Waals surface area contributed by atoms with Crippen LogP contribution in [0.5, 0.6) is 17.2 Å². The third kappa shape index (κ3) is 6.51. The van der Waals surface area contributed by atoms with Crippen LogP contribution < -0.4 is 13.7 Å². The molecule has 0 N–H and O–H groups in total. The molecular formula is C26H28FNO6S. The van der Waals surface area contributed by atoms with Crippen LogP contribution >= 0.6 is 0 Å². The summed E-state index contributed by atoms with van der Waals surface area (Å²) in [6.07, 6.45) is 0. The van der Waals surface area contributed by atoms with Gasteiger partial charge in [0.05, 0.1) is 19.8 Å². The number of halogens is 1. The maximum atomic E-state index is 14.3. The molecule has 186 valence electrons. The number of carbonyl (C=O) groups is 1. The van der Waals surface area contributed by atoms with Gasteiger partial charge in [-0.1, -0.05) is 32.0 Å². The van der Waals surface area contributed by atoms with E-state index in [4.69, 9.17) is 13.7 Å². The Morgan fingerprint density at radius 3 is 2.23 bits per heavy atom. The van der Waals surface area contributed by atoms with Crippen LogP contribution in [0.1, 0.15) is 29.8 Å². The SMILES string of the molecule is COc1ccc(S(=O)(=O)Oc2cc(CN(CC(C)C)C(=O)c3ccccc3F)ccc2OC)cc1. The normalized spacial score (nSPS) is 11.3. The van der Waals surface area contributed by atoms with Gasteiger partial charge in [-0.05, 0) is 60.0 Å². The second kappa shape index (κ2) is 11.2. The van der Waals surface area contributed by atoms with Gasteiger partial charge in [0, 0.05) is 13.1 Å². The summed E-state index contributed by atoms with van der Waals surface area (Å²) in [6, 6.07) is 16.4. The summed E-state index contributed by atoms with van der Waals surface area (Å²) in [5.74, 6) is -0.245. The van der Waals surface area contributed by atoms with Crippen molar-refractivity contribution in [3.05, 3.63) is 83.7 Å². The monoisotopic (exact) mass is 501 g/mol. The molecule has 35 heavy (non-hydrogen) atoms. The van der Waals surface area contributed by atoms with Gasteiger partial charge in [-0.2, -0.15) is 8.42 Å². The Bertz CT molecular complexity index is 1280. The fraction of sp³-hybridized carbons (Fsp3) is 0.269. The van der Waals surface area contributed by atoms with E-state index in [0.717, 1.165) is 0 Å². The third-order valence-corrected chi connectivity index (χ3v) is 6.37. The average molecular weight is 502 g/mol. The predicted molar refractivity (Wildman–Crippen MR) is 130 cm³/mol. The zero-order valence-corrected chi connectivity index (χ0v) is 20.8. The van der Waals surface area contributed by atoms with Gasteiger partial charge in [-0.15, -0.1) is 0 Å². The Morgan fingerprint density at radius 2 is 1.63 bits per heavy atom. The molecular weight excluding hydrogens is 473 g/mol. The molecule has 0 heterocycles. The number of methoxy groups -OCH3 is 2. The van der Waals surface area contributed by atoms with Gasteiger partial charge in [0.25, 0.3) is 5.91 Å². The predicted octanol–water partition coefficient (Wildman–Crippen LogP) is 4.91. The smallest absolute Gasteiger partial charge is 0.339 e. The highest BCUT2D eigenvalue weighted by Crippen LogP contribution is 2.32. The molecule has 0 fully saturated rings. The molecule has 0 aliphatic heterocycles. The minimum Gasteiger partial charge on any atom is -0.497 e. The maximum absolute atomic E-state index is 14.3. The van der Waals surface area contributed by atoms with Gasteiger partial charge >= 0.3 is 10.1 Å². The van der Waals surface area contributed by atoms with Crippen molar-refractivity contribution in [3.63, 3.8) is 0 Å². The second-order valence-electron chi connectivity index (χ2n) is 8.26. The minimum atomic E-state index is -4.17. The summed E-state index contributed by atoms with van der Waals surface area (Å²) in [6.45, 7) is 4.39. The van der Waals surface area contributed by atoms with E-state index in [1.165, 1.54) is 67.7 Å². The Balaban J connectivity index is 1.90. The van der Waals surface area contributed by atoms with Gasteiger partial charge in [0.15, 0.2) is 11.5 Å². The van der Waals surface area contributed by atoms with E-state index >= 15 is 0 Å². The Kier molecular flexibility index (Phi) is 8.34. The lowest BCUT2D eigenvalue weighted by Gasteiger charge is -2.25. The van der Waals surface area contributed by atoms with Gasteiger partial charge in [0.1, 0.15) is 16.5 Å². The first-order chi connectivity index (χ1) is 16.6. The van der Waals surface area contributed by atoms with E-state index < -0.39 is 21.8 Å². The molecule has 0 aliphatic rings. The van der Waals surface area contributed by atoms with E-state index in [1.807, 2.05) is 13.8 Å². The highest BCUT2D eigenvalue weighted by atomic mass is 32.2. The molecule has 3 aromatic carbocycles. The Hall–Kier alpha value is -3.59. The zero-order chi connectivity index (χ0) is 25.6. The molecule has 0 saturated carbocycles. The van der Waals surface area contributed by atoms with Crippen molar-refractivity contribution in [3.8, 4) is 17.2 Å². The van der Waals surface area contributed by atoms with Gasteiger partial charge in [-0.25, -0.2) is 4.39 Å². The molecule has 0 spiro atoms. The topological polar surface area (TPSA) is 82.1 Å². The summed E-state index contributed by atoms with van der Waals surface area (Å²) in [4.78, 5) is 14.6. The van der Waals surface area contributed by atoms with Gasteiger partial charge < -0.3 is 18.6 Å². The molecule has 0 bridgehead atoms. The third-order valence-electron chi connectivity index (χ3n) is 5.13. The molecule has 0 aliphatic carbocycles. The number of ether oxygens (including phenoxy) is 2. The standard InChI is InChI=1S/C26H28FNO6S/c1-18(2)16-28(26(29)22-7-5-6-8-23(22)27)17-19-9-14-24(33-4)25(15-19)34-35(30,31)21-12-10-20(32-3)11-13-21/h5-15,18H,16-17H2,1-4H3. The van der Waals surface area contributed by atoms with Crippen molar-refractivity contribution < 1.29 is 31.3 Å². The van der Waals surface area contributed by atoms with Crippen molar-refractivity contribution in [2.45, 2.75) is 25.3 Å². The number of nitrogens with zero attached hydrogens (tertiary/aromatic N) is 1. The van der Waals surface area contributed by atoms with Crippen LogP contribution in [0.25, 0.3) is 0 Å². The molecule has 0 aromatic heterocycles. The van der Waals surface area contributed by atoms with Crippen molar-refractivity contribution in [2.24, 2.45) is 5.92 Å². The maximum Gasteiger partial charge on any atom is 0.339 e. The van der Waals surface area contributed by atoms with Crippen LogP contribution in [0, 0.1) is 11.7 Å². The zero-order valence-electron chi connectivity index (χ0n) is 20.0. The molecule has 7 nitrogen and oxygen atoms in total. The highest BCUT2D eigenvalue weighted by Gasteiger charge is 2.23. The fourth-order valence-corrected chi connectivity index (χ4v) is 4.41. The van der Waals surface area contributed by atoms with Crippen LogP contribution in [0.3, 0.4) is 0 Å². The van der Waals surface area contributed by atoms with Crippen LogP contribution in [0.15, 0.2) is 71.6 Å². The lowest BCUT2D eigenvalue weighted by molar-refractivity contribution is 0.0717. The quantitative estimate of drug-likeness (QED) is 0.367. The summed E-state index contributed by atoms with van der Waals surface area (Å²) in [7, 11) is -1.29. The van der Waals surface area contributed by atoms with E-state index in [1.54, 1.807) is 18.2 Å².